The lowest BCUT2D eigenvalue weighted by Crippen LogP contribution is -2.31. The highest BCUT2D eigenvalue weighted by Gasteiger charge is 2.20. The standard InChI is InChI=1S/C21H17ClINO2/c1-26-18-10-7-16(8-11-18)21(25)24(14-15-5-3-2-4-6-15)20-12-9-17(22)13-19(20)23/h2-13H,14H2,1H3. The molecule has 5 heteroatoms. The monoisotopic (exact) mass is 477 g/mol. The molecule has 3 aromatic carbocycles. The number of ether oxygens (including phenoxy) is 1. The molecule has 0 bridgehead atoms. The topological polar surface area (TPSA) is 29.5 Å². The predicted octanol–water partition coefficient (Wildman–Crippen LogP) is 5.80. The van der Waals surface area contributed by atoms with Gasteiger partial charge in [-0.25, -0.2) is 0 Å². The third kappa shape index (κ3) is 4.37. The van der Waals surface area contributed by atoms with Crippen LogP contribution in [0.15, 0.2) is 72.8 Å². The van der Waals surface area contributed by atoms with Crippen molar-refractivity contribution in [3.63, 3.8) is 0 Å². The Labute approximate surface area is 171 Å². The van der Waals surface area contributed by atoms with Crippen LogP contribution in [0.25, 0.3) is 0 Å². The van der Waals surface area contributed by atoms with Gasteiger partial charge in [0.25, 0.3) is 5.91 Å². The number of methoxy groups -OCH3 is 1. The summed E-state index contributed by atoms with van der Waals surface area (Å²) in [5, 5.41) is 0.648. The molecule has 3 rings (SSSR count). The summed E-state index contributed by atoms with van der Waals surface area (Å²) >= 11 is 8.30. The lowest BCUT2D eigenvalue weighted by molar-refractivity contribution is 0.0985. The summed E-state index contributed by atoms with van der Waals surface area (Å²) in [4.78, 5) is 15.0. The average Bonchev–Trinajstić information content (AvgIpc) is 2.67. The maximum absolute atomic E-state index is 13.2. The quantitative estimate of drug-likeness (QED) is 0.435. The number of benzene rings is 3. The van der Waals surface area contributed by atoms with Gasteiger partial charge in [-0.05, 0) is 70.6 Å². The van der Waals surface area contributed by atoms with Gasteiger partial charge in [0.15, 0.2) is 0 Å². The second-order valence-corrected chi connectivity index (χ2v) is 7.30. The van der Waals surface area contributed by atoms with E-state index in [9.17, 15) is 4.79 Å². The van der Waals surface area contributed by atoms with E-state index in [1.807, 2.05) is 42.5 Å². The first-order valence-electron chi connectivity index (χ1n) is 8.03. The highest BCUT2D eigenvalue weighted by Crippen LogP contribution is 2.29. The van der Waals surface area contributed by atoms with Crippen molar-refractivity contribution in [3.05, 3.63) is 92.5 Å². The maximum atomic E-state index is 13.2. The molecule has 132 valence electrons. The first-order valence-corrected chi connectivity index (χ1v) is 9.49. The Morgan fingerprint density at radius 3 is 2.35 bits per heavy atom. The number of nitrogens with zero attached hydrogens (tertiary/aromatic N) is 1. The van der Waals surface area contributed by atoms with Crippen LogP contribution in [0.4, 0.5) is 5.69 Å². The van der Waals surface area contributed by atoms with Gasteiger partial charge in [-0.15, -0.1) is 0 Å². The number of anilines is 1. The van der Waals surface area contributed by atoms with E-state index >= 15 is 0 Å². The van der Waals surface area contributed by atoms with E-state index in [1.165, 1.54) is 0 Å². The molecule has 0 spiro atoms. The SMILES string of the molecule is COc1ccc(C(=O)N(Cc2ccccc2)c2ccc(Cl)cc2I)cc1. The van der Waals surface area contributed by atoms with Crippen LogP contribution in [0.2, 0.25) is 5.02 Å². The van der Waals surface area contributed by atoms with E-state index in [-0.39, 0.29) is 5.91 Å². The fourth-order valence-electron chi connectivity index (χ4n) is 2.62. The van der Waals surface area contributed by atoms with Crippen LogP contribution >= 0.6 is 34.2 Å². The Hall–Kier alpha value is -2.05. The summed E-state index contributed by atoms with van der Waals surface area (Å²) in [7, 11) is 1.61. The van der Waals surface area contributed by atoms with Crippen LogP contribution in [-0.4, -0.2) is 13.0 Å². The molecule has 0 fully saturated rings. The molecule has 0 radical (unpaired) electrons. The molecule has 3 nitrogen and oxygen atoms in total. The number of rotatable bonds is 5. The number of amides is 1. The van der Waals surface area contributed by atoms with Crippen LogP contribution < -0.4 is 9.64 Å². The van der Waals surface area contributed by atoms with Crippen LogP contribution in [-0.2, 0) is 6.54 Å². The highest BCUT2D eigenvalue weighted by molar-refractivity contribution is 14.1. The number of hydrogen-bond acceptors (Lipinski definition) is 2. The molecule has 0 atom stereocenters. The number of carbonyl (C=O) groups is 1. The molecule has 0 aliphatic heterocycles. The van der Waals surface area contributed by atoms with Gasteiger partial charge in [-0.2, -0.15) is 0 Å². The van der Waals surface area contributed by atoms with Gasteiger partial charge in [0.05, 0.1) is 19.3 Å². The minimum absolute atomic E-state index is 0.0725. The van der Waals surface area contributed by atoms with Gasteiger partial charge in [-0.1, -0.05) is 41.9 Å². The van der Waals surface area contributed by atoms with Crippen molar-refractivity contribution in [3.8, 4) is 5.75 Å². The van der Waals surface area contributed by atoms with Crippen molar-refractivity contribution in [2.45, 2.75) is 6.54 Å². The summed E-state index contributed by atoms with van der Waals surface area (Å²) in [5.74, 6) is 0.647. The minimum Gasteiger partial charge on any atom is -0.497 e. The highest BCUT2D eigenvalue weighted by atomic mass is 127. The number of carbonyl (C=O) groups excluding carboxylic acids is 1. The van der Waals surface area contributed by atoms with Gasteiger partial charge in [0.2, 0.25) is 0 Å². The largest absolute Gasteiger partial charge is 0.497 e. The lowest BCUT2D eigenvalue weighted by atomic mass is 10.1. The van der Waals surface area contributed by atoms with Crippen molar-refractivity contribution in [2.75, 3.05) is 12.0 Å². The molecule has 26 heavy (non-hydrogen) atoms. The molecule has 3 aromatic rings. The summed E-state index contributed by atoms with van der Waals surface area (Å²) in [6.07, 6.45) is 0. The Bertz CT molecular complexity index is 898. The summed E-state index contributed by atoms with van der Waals surface area (Å²) < 4.78 is 6.11. The molecule has 0 aliphatic carbocycles. The average molecular weight is 478 g/mol. The second-order valence-electron chi connectivity index (χ2n) is 5.70. The van der Waals surface area contributed by atoms with Crippen molar-refractivity contribution < 1.29 is 9.53 Å². The van der Waals surface area contributed by atoms with Crippen molar-refractivity contribution >= 4 is 45.8 Å². The molecule has 0 saturated carbocycles. The second kappa shape index (κ2) is 8.56. The van der Waals surface area contributed by atoms with Crippen LogP contribution in [0, 0.1) is 3.57 Å². The zero-order valence-electron chi connectivity index (χ0n) is 14.2. The van der Waals surface area contributed by atoms with Crippen LogP contribution in [0.1, 0.15) is 15.9 Å². The Morgan fingerprint density at radius 2 is 1.73 bits per heavy atom. The molecule has 0 aromatic heterocycles. The van der Waals surface area contributed by atoms with Gasteiger partial charge in [-0.3, -0.25) is 4.79 Å². The smallest absolute Gasteiger partial charge is 0.258 e. The maximum Gasteiger partial charge on any atom is 0.258 e. The van der Waals surface area contributed by atoms with Gasteiger partial charge in [0, 0.05) is 14.2 Å². The molecule has 0 heterocycles. The number of hydrogen-bond donors (Lipinski definition) is 0. The molecule has 0 unspecified atom stereocenters. The van der Waals surface area contributed by atoms with E-state index in [0.29, 0.717) is 17.1 Å². The van der Waals surface area contributed by atoms with E-state index in [4.69, 9.17) is 16.3 Å². The number of halogens is 2. The molecule has 1 amide bonds. The lowest BCUT2D eigenvalue weighted by Gasteiger charge is -2.24. The van der Waals surface area contributed by atoms with Gasteiger partial charge >= 0.3 is 0 Å². The van der Waals surface area contributed by atoms with E-state index in [0.717, 1.165) is 20.6 Å². The van der Waals surface area contributed by atoms with Crippen molar-refractivity contribution in [1.82, 2.24) is 0 Å². The van der Waals surface area contributed by atoms with Crippen molar-refractivity contribution in [1.29, 1.82) is 0 Å². The zero-order chi connectivity index (χ0) is 18.5. The molecule has 0 aliphatic rings. The molecule has 0 N–H and O–H groups in total. The van der Waals surface area contributed by atoms with Gasteiger partial charge < -0.3 is 9.64 Å². The minimum atomic E-state index is -0.0725. The predicted molar refractivity (Wildman–Crippen MR) is 114 cm³/mol. The van der Waals surface area contributed by atoms with Crippen LogP contribution in [0.5, 0.6) is 5.75 Å². The first-order chi connectivity index (χ1) is 12.6. The first kappa shape index (κ1) is 18.7. The summed E-state index contributed by atoms with van der Waals surface area (Å²) in [6.45, 7) is 0.476. The fourth-order valence-corrected chi connectivity index (χ4v) is 3.78. The van der Waals surface area contributed by atoms with Crippen molar-refractivity contribution in [2.24, 2.45) is 0 Å². The zero-order valence-corrected chi connectivity index (χ0v) is 17.1. The third-order valence-corrected chi connectivity index (χ3v) is 5.07. The normalized spacial score (nSPS) is 10.4. The van der Waals surface area contributed by atoms with E-state index in [2.05, 4.69) is 22.6 Å². The van der Waals surface area contributed by atoms with Crippen LogP contribution in [0.3, 0.4) is 0 Å². The molecular weight excluding hydrogens is 461 g/mol. The Balaban J connectivity index is 1.99. The molecular formula is C21H17ClINO2. The Morgan fingerprint density at radius 1 is 1.04 bits per heavy atom. The summed E-state index contributed by atoms with van der Waals surface area (Å²) in [6, 6.07) is 22.6. The van der Waals surface area contributed by atoms with E-state index < -0.39 is 0 Å². The Kier molecular flexibility index (Phi) is 6.16. The van der Waals surface area contributed by atoms with E-state index in [1.54, 1.807) is 42.3 Å². The molecule has 0 saturated heterocycles. The van der Waals surface area contributed by atoms with Gasteiger partial charge in [0.1, 0.15) is 5.75 Å². The fraction of sp³-hybridized carbons (Fsp3) is 0.0952. The summed E-state index contributed by atoms with van der Waals surface area (Å²) in [5.41, 5.74) is 2.49. The third-order valence-electron chi connectivity index (χ3n) is 3.97.